The third-order valence-corrected chi connectivity index (χ3v) is 5.66. The van der Waals surface area contributed by atoms with Crippen LogP contribution in [0.2, 0.25) is 0 Å². The molecule has 1 aromatic heterocycles. The first-order chi connectivity index (χ1) is 14.1. The number of halogens is 1. The second-order valence-electron chi connectivity index (χ2n) is 7.81. The van der Waals surface area contributed by atoms with E-state index in [0.29, 0.717) is 24.3 Å². The fourth-order valence-corrected chi connectivity index (χ4v) is 3.94. The van der Waals surface area contributed by atoms with Gasteiger partial charge in [-0.3, -0.25) is 4.79 Å². The molecule has 152 valence electrons. The molecule has 5 N–H and O–H groups in total. The van der Waals surface area contributed by atoms with E-state index in [1.807, 2.05) is 24.3 Å². The Morgan fingerprint density at radius 3 is 2.48 bits per heavy atom. The molecule has 0 bridgehead atoms. The summed E-state index contributed by atoms with van der Waals surface area (Å²) in [6.45, 7) is 1.33. The molecule has 1 amide bonds. The van der Waals surface area contributed by atoms with Crippen molar-refractivity contribution in [3.63, 3.8) is 0 Å². The number of aromatic nitrogens is 1. The molecule has 0 unspecified atom stereocenters. The van der Waals surface area contributed by atoms with Crippen molar-refractivity contribution in [1.82, 2.24) is 15.6 Å². The number of nitrogens with one attached hydrogen (secondary N) is 3. The average molecular weight is 394 g/mol. The molecule has 5 nitrogen and oxygen atoms in total. The van der Waals surface area contributed by atoms with Crippen LogP contribution in [0, 0.1) is 5.82 Å². The largest absolute Gasteiger partial charge is 0.351 e. The standard InChI is InChI=1S/C23H27FN4O/c24-18-5-3-15(4-6-18)16-1-2-17-14-22(28-21(17)13-16)23(29)27-12-11-26-20-9-7-19(25)8-10-20/h1-6,13-14,19-20,26,28H,7-12,25H2,(H,27,29). The quantitative estimate of drug-likeness (QED) is 0.483. The van der Waals surface area contributed by atoms with Crippen molar-refractivity contribution in [2.24, 2.45) is 5.73 Å². The number of carbonyl (C=O) groups is 1. The Hall–Kier alpha value is -2.70. The van der Waals surface area contributed by atoms with Crippen LogP contribution in [-0.4, -0.2) is 36.1 Å². The van der Waals surface area contributed by atoms with Crippen molar-refractivity contribution in [3.8, 4) is 11.1 Å². The molecule has 0 aliphatic heterocycles. The lowest BCUT2D eigenvalue weighted by atomic mass is 9.92. The van der Waals surface area contributed by atoms with Crippen LogP contribution in [0.15, 0.2) is 48.5 Å². The summed E-state index contributed by atoms with van der Waals surface area (Å²) in [4.78, 5) is 15.7. The summed E-state index contributed by atoms with van der Waals surface area (Å²) in [5.41, 5.74) is 9.27. The SMILES string of the molecule is NC1CCC(NCCNC(=O)c2cc3ccc(-c4ccc(F)cc4)cc3[nH]2)CC1. The van der Waals surface area contributed by atoms with Gasteiger partial charge in [0.1, 0.15) is 11.5 Å². The third-order valence-electron chi connectivity index (χ3n) is 5.66. The maximum Gasteiger partial charge on any atom is 0.267 e. The Morgan fingerprint density at radius 1 is 1.00 bits per heavy atom. The van der Waals surface area contributed by atoms with E-state index in [-0.39, 0.29) is 11.7 Å². The second-order valence-corrected chi connectivity index (χ2v) is 7.81. The number of hydrogen-bond donors (Lipinski definition) is 4. The highest BCUT2D eigenvalue weighted by molar-refractivity contribution is 5.98. The van der Waals surface area contributed by atoms with Crippen LogP contribution in [0.3, 0.4) is 0 Å². The summed E-state index contributed by atoms with van der Waals surface area (Å²) in [5.74, 6) is -0.368. The van der Waals surface area contributed by atoms with E-state index < -0.39 is 0 Å². The molecule has 1 fully saturated rings. The summed E-state index contributed by atoms with van der Waals surface area (Å²) < 4.78 is 13.1. The maximum atomic E-state index is 13.1. The van der Waals surface area contributed by atoms with Gasteiger partial charge in [-0.25, -0.2) is 4.39 Å². The van der Waals surface area contributed by atoms with Gasteiger partial charge >= 0.3 is 0 Å². The number of rotatable bonds is 6. The van der Waals surface area contributed by atoms with E-state index in [0.717, 1.165) is 54.3 Å². The number of hydrogen-bond acceptors (Lipinski definition) is 3. The summed E-state index contributed by atoms with van der Waals surface area (Å²) in [6, 6.07) is 15.0. The highest BCUT2D eigenvalue weighted by atomic mass is 19.1. The van der Waals surface area contributed by atoms with Gasteiger partial charge in [-0.1, -0.05) is 24.3 Å². The smallest absolute Gasteiger partial charge is 0.267 e. The molecule has 0 atom stereocenters. The zero-order valence-corrected chi connectivity index (χ0v) is 16.4. The molecule has 0 saturated heterocycles. The summed E-state index contributed by atoms with van der Waals surface area (Å²) >= 11 is 0. The first-order valence-corrected chi connectivity index (χ1v) is 10.2. The van der Waals surface area contributed by atoms with Gasteiger partial charge in [-0.15, -0.1) is 0 Å². The van der Waals surface area contributed by atoms with E-state index in [9.17, 15) is 9.18 Å². The predicted molar refractivity (Wildman–Crippen MR) is 114 cm³/mol. The van der Waals surface area contributed by atoms with E-state index in [4.69, 9.17) is 5.73 Å². The van der Waals surface area contributed by atoms with Crippen LogP contribution < -0.4 is 16.4 Å². The average Bonchev–Trinajstić information content (AvgIpc) is 3.16. The lowest BCUT2D eigenvalue weighted by Gasteiger charge is -2.26. The van der Waals surface area contributed by atoms with Gasteiger partial charge in [-0.05, 0) is 61.1 Å². The Morgan fingerprint density at radius 2 is 1.72 bits per heavy atom. The number of benzene rings is 2. The minimum atomic E-state index is -0.254. The minimum Gasteiger partial charge on any atom is -0.351 e. The normalized spacial score (nSPS) is 19.4. The maximum absolute atomic E-state index is 13.1. The van der Waals surface area contributed by atoms with Crippen LogP contribution in [-0.2, 0) is 0 Å². The van der Waals surface area contributed by atoms with Crippen molar-refractivity contribution >= 4 is 16.8 Å². The molecule has 1 aliphatic carbocycles. The van der Waals surface area contributed by atoms with E-state index in [2.05, 4.69) is 15.6 Å². The van der Waals surface area contributed by atoms with Crippen LogP contribution in [0.5, 0.6) is 0 Å². The Balaban J connectivity index is 1.33. The van der Waals surface area contributed by atoms with Crippen molar-refractivity contribution in [2.45, 2.75) is 37.8 Å². The fourth-order valence-electron chi connectivity index (χ4n) is 3.94. The molecule has 3 aromatic rings. The van der Waals surface area contributed by atoms with Crippen molar-refractivity contribution in [2.75, 3.05) is 13.1 Å². The number of aromatic amines is 1. The number of H-pyrrole nitrogens is 1. The molecule has 1 saturated carbocycles. The first kappa shape index (κ1) is 19.6. The van der Waals surface area contributed by atoms with Crippen LogP contribution in [0.4, 0.5) is 4.39 Å². The highest BCUT2D eigenvalue weighted by Gasteiger charge is 2.17. The van der Waals surface area contributed by atoms with Gasteiger partial charge < -0.3 is 21.4 Å². The first-order valence-electron chi connectivity index (χ1n) is 10.2. The summed E-state index contributed by atoms with van der Waals surface area (Å²) in [7, 11) is 0. The van der Waals surface area contributed by atoms with Gasteiger partial charge in [0.15, 0.2) is 0 Å². The van der Waals surface area contributed by atoms with Gasteiger partial charge in [0.05, 0.1) is 0 Å². The molecule has 0 radical (unpaired) electrons. The lowest BCUT2D eigenvalue weighted by Crippen LogP contribution is -2.41. The molecule has 1 aliphatic rings. The molecule has 29 heavy (non-hydrogen) atoms. The monoisotopic (exact) mass is 394 g/mol. The molecular formula is C23H27FN4O. The number of amides is 1. The third kappa shape index (κ3) is 4.83. The lowest BCUT2D eigenvalue weighted by molar-refractivity contribution is 0.0949. The van der Waals surface area contributed by atoms with E-state index in [1.54, 1.807) is 12.1 Å². The van der Waals surface area contributed by atoms with Gasteiger partial charge in [0.2, 0.25) is 0 Å². The Labute approximate surface area is 169 Å². The predicted octanol–water partition coefficient (Wildman–Crippen LogP) is 3.56. The van der Waals surface area contributed by atoms with Crippen LogP contribution in [0.25, 0.3) is 22.0 Å². The van der Waals surface area contributed by atoms with Gasteiger partial charge in [0.25, 0.3) is 5.91 Å². The van der Waals surface area contributed by atoms with Crippen LogP contribution in [0.1, 0.15) is 36.2 Å². The number of nitrogens with two attached hydrogens (primary N) is 1. The fraction of sp³-hybridized carbons (Fsp3) is 0.348. The molecule has 6 heteroatoms. The molecular weight excluding hydrogens is 367 g/mol. The van der Waals surface area contributed by atoms with Crippen molar-refractivity contribution < 1.29 is 9.18 Å². The second kappa shape index (κ2) is 8.76. The zero-order chi connectivity index (χ0) is 20.2. The molecule has 0 spiro atoms. The molecule has 4 rings (SSSR count). The Kier molecular flexibility index (Phi) is 5.92. The van der Waals surface area contributed by atoms with Crippen LogP contribution >= 0.6 is 0 Å². The highest BCUT2D eigenvalue weighted by Crippen LogP contribution is 2.25. The summed E-state index contributed by atoms with van der Waals surface area (Å²) in [6.07, 6.45) is 4.35. The van der Waals surface area contributed by atoms with Crippen molar-refractivity contribution in [3.05, 3.63) is 60.0 Å². The zero-order valence-electron chi connectivity index (χ0n) is 16.4. The topological polar surface area (TPSA) is 82.9 Å². The number of fused-ring (bicyclic) bond motifs is 1. The van der Waals surface area contributed by atoms with E-state index in [1.165, 1.54) is 12.1 Å². The van der Waals surface area contributed by atoms with Crippen molar-refractivity contribution in [1.29, 1.82) is 0 Å². The number of carbonyl (C=O) groups excluding carboxylic acids is 1. The summed E-state index contributed by atoms with van der Waals surface area (Å²) in [5, 5.41) is 7.43. The molecule has 2 aromatic carbocycles. The van der Waals surface area contributed by atoms with Gasteiger partial charge in [-0.2, -0.15) is 0 Å². The van der Waals surface area contributed by atoms with Gasteiger partial charge in [0, 0.05) is 36.1 Å². The molecule has 1 heterocycles. The minimum absolute atomic E-state index is 0.114. The van der Waals surface area contributed by atoms with E-state index >= 15 is 0 Å². The Bertz CT molecular complexity index is 974.